The van der Waals surface area contributed by atoms with Crippen LogP contribution in [0, 0.1) is 11.3 Å². The number of carbonyl (C=O) groups excluding carboxylic acids is 2. The Morgan fingerprint density at radius 3 is 2.80 bits per heavy atom. The van der Waals surface area contributed by atoms with Crippen LogP contribution in [0.4, 0.5) is 0 Å². The Hall–Kier alpha value is -3.15. The fourth-order valence-electron chi connectivity index (χ4n) is 3.40. The topological polar surface area (TPSA) is 96.6 Å². The predicted octanol–water partition coefficient (Wildman–Crippen LogP) is 1.56. The molecule has 3 rings (SSSR count). The van der Waals surface area contributed by atoms with Gasteiger partial charge in [-0.3, -0.25) is 9.59 Å². The summed E-state index contributed by atoms with van der Waals surface area (Å²) in [5.74, 6) is -0.402. The number of benzene rings is 1. The minimum Gasteiger partial charge on any atom is -0.385 e. The monoisotopic (exact) mass is 410 g/mol. The molecule has 0 unspecified atom stereocenters. The van der Waals surface area contributed by atoms with Crippen molar-refractivity contribution in [3.8, 4) is 6.07 Å². The maximum absolute atomic E-state index is 12.7. The van der Waals surface area contributed by atoms with Crippen molar-refractivity contribution >= 4 is 28.8 Å². The van der Waals surface area contributed by atoms with Crippen molar-refractivity contribution in [2.75, 3.05) is 46.6 Å². The highest BCUT2D eigenvalue weighted by atomic mass is 16.5. The summed E-state index contributed by atoms with van der Waals surface area (Å²) in [6.45, 7) is 3.45. The molecule has 1 aliphatic heterocycles. The molecule has 2 amide bonds. The van der Waals surface area contributed by atoms with Gasteiger partial charge < -0.3 is 24.3 Å². The first-order valence-electron chi connectivity index (χ1n) is 9.96. The van der Waals surface area contributed by atoms with Crippen molar-refractivity contribution in [3.05, 3.63) is 41.6 Å². The molecule has 0 atom stereocenters. The first kappa shape index (κ1) is 21.6. The van der Waals surface area contributed by atoms with Gasteiger partial charge in [0.1, 0.15) is 18.2 Å². The van der Waals surface area contributed by atoms with Crippen molar-refractivity contribution in [1.82, 2.24) is 14.8 Å². The highest BCUT2D eigenvalue weighted by Gasteiger charge is 2.19. The third-order valence-corrected chi connectivity index (χ3v) is 4.96. The van der Waals surface area contributed by atoms with E-state index in [4.69, 9.17) is 9.47 Å². The summed E-state index contributed by atoms with van der Waals surface area (Å²) in [5.41, 5.74) is 1.63. The van der Waals surface area contributed by atoms with Gasteiger partial charge in [0.15, 0.2) is 0 Å². The number of morpholine rings is 1. The molecule has 1 aromatic carbocycles. The molecule has 1 saturated heterocycles. The maximum Gasteiger partial charge on any atom is 0.261 e. The van der Waals surface area contributed by atoms with Crippen molar-refractivity contribution in [2.24, 2.45) is 0 Å². The van der Waals surface area contributed by atoms with Crippen molar-refractivity contribution in [1.29, 1.82) is 5.26 Å². The van der Waals surface area contributed by atoms with Crippen molar-refractivity contribution < 1.29 is 19.1 Å². The minimum atomic E-state index is -0.421. The van der Waals surface area contributed by atoms with Crippen LogP contribution >= 0.6 is 0 Å². The fraction of sp³-hybridized carbons (Fsp3) is 0.409. The third kappa shape index (κ3) is 5.26. The molecule has 1 fully saturated rings. The molecule has 1 N–H and O–H groups in total. The number of ether oxygens (including phenoxy) is 2. The zero-order chi connectivity index (χ0) is 21.3. The molecule has 8 heteroatoms. The molecule has 0 radical (unpaired) electrons. The van der Waals surface area contributed by atoms with Crippen molar-refractivity contribution in [3.63, 3.8) is 0 Å². The van der Waals surface area contributed by atoms with Crippen LogP contribution in [0.15, 0.2) is 36.0 Å². The standard InChI is InChI=1S/C22H26N4O4/c1-29-10-4-7-24-22(28)17(14-23)13-18-15-26(20-6-3-2-5-19(18)20)16-21(27)25-8-11-30-12-9-25/h2-3,5-6,13,15H,4,7-12,16H2,1H3,(H,24,28). The number of fused-ring (bicyclic) bond motifs is 1. The van der Waals surface area contributed by atoms with E-state index in [9.17, 15) is 14.9 Å². The molecule has 0 bridgehead atoms. The van der Waals surface area contributed by atoms with Gasteiger partial charge in [-0.25, -0.2) is 0 Å². The van der Waals surface area contributed by atoms with Crippen LogP contribution in [0.2, 0.25) is 0 Å². The van der Waals surface area contributed by atoms with Crippen LogP contribution in [0.25, 0.3) is 17.0 Å². The summed E-state index contributed by atoms with van der Waals surface area (Å²) in [4.78, 5) is 26.8. The number of methoxy groups -OCH3 is 1. The van der Waals surface area contributed by atoms with Gasteiger partial charge >= 0.3 is 0 Å². The van der Waals surface area contributed by atoms with Crippen LogP contribution in [0.3, 0.4) is 0 Å². The Morgan fingerprint density at radius 1 is 1.30 bits per heavy atom. The number of para-hydroxylation sites is 1. The molecular weight excluding hydrogens is 384 g/mol. The average molecular weight is 410 g/mol. The van der Waals surface area contributed by atoms with E-state index < -0.39 is 5.91 Å². The normalized spacial score (nSPS) is 14.5. The van der Waals surface area contributed by atoms with Crippen LogP contribution in [-0.2, 0) is 25.6 Å². The second-order valence-corrected chi connectivity index (χ2v) is 6.99. The SMILES string of the molecule is COCCCNC(=O)C(C#N)=Cc1cn(CC(=O)N2CCOCC2)c2ccccc12. The second-order valence-electron chi connectivity index (χ2n) is 6.99. The number of nitriles is 1. The quantitative estimate of drug-likeness (QED) is 0.405. The fourth-order valence-corrected chi connectivity index (χ4v) is 3.40. The molecule has 2 aromatic rings. The average Bonchev–Trinajstić information content (AvgIpc) is 3.12. The molecule has 0 aliphatic carbocycles. The van der Waals surface area contributed by atoms with Crippen LogP contribution in [0.5, 0.6) is 0 Å². The number of aromatic nitrogens is 1. The van der Waals surface area contributed by atoms with Crippen LogP contribution < -0.4 is 5.32 Å². The van der Waals surface area contributed by atoms with Gasteiger partial charge in [0.25, 0.3) is 5.91 Å². The Labute approximate surface area is 175 Å². The number of hydrogen-bond donors (Lipinski definition) is 1. The number of rotatable bonds is 8. The molecule has 0 spiro atoms. The van der Waals surface area contributed by atoms with Gasteiger partial charge in [-0.15, -0.1) is 0 Å². The zero-order valence-electron chi connectivity index (χ0n) is 17.1. The summed E-state index contributed by atoms with van der Waals surface area (Å²) in [6, 6.07) is 9.62. The second kappa shape index (κ2) is 10.6. The van der Waals surface area contributed by atoms with Crippen LogP contribution in [0.1, 0.15) is 12.0 Å². The Bertz CT molecular complexity index is 967. The molecule has 8 nitrogen and oxygen atoms in total. The van der Waals surface area contributed by atoms with E-state index >= 15 is 0 Å². The molecule has 0 saturated carbocycles. The highest BCUT2D eigenvalue weighted by molar-refractivity contribution is 6.04. The van der Waals surface area contributed by atoms with E-state index in [2.05, 4.69) is 5.32 Å². The lowest BCUT2D eigenvalue weighted by Crippen LogP contribution is -2.42. The largest absolute Gasteiger partial charge is 0.385 e. The molecule has 158 valence electrons. The summed E-state index contributed by atoms with van der Waals surface area (Å²) >= 11 is 0. The van der Waals surface area contributed by atoms with E-state index in [0.717, 1.165) is 16.5 Å². The van der Waals surface area contributed by atoms with Crippen LogP contribution in [-0.4, -0.2) is 67.8 Å². The van der Waals surface area contributed by atoms with Gasteiger partial charge in [-0.1, -0.05) is 18.2 Å². The summed E-state index contributed by atoms with van der Waals surface area (Å²) in [6.07, 6.45) is 4.06. The lowest BCUT2D eigenvalue weighted by molar-refractivity contribution is -0.135. The zero-order valence-corrected chi connectivity index (χ0v) is 17.1. The molecule has 2 heterocycles. The minimum absolute atomic E-state index is 0.0194. The number of nitrogens with one attached hydrogen (secondary N) is 1. The molecule has 30 heavy (non-hydrogen) atoms. The smallest absolute Gasteiger partial charge is 0.261 e. The number of nitrogens with zero attached hydrogens (tertiary/aromatic N) is 3. The molecule has 1 aromatic heterocycles. The molecular formula is C22H26N4O4. The predicted molar refractivity (Wildman–Crippen MR) is 112 cm³/mol. The van der Waals surface area contributed by atoms with Crippen molar-refractivity contribution in [2.45, 2.75) is 13.0 Å². The lowest BCUT2D eigenvalue weighted by Gasteiger charge is -2.27. The Kier molecular flexibility index (Phi) is 7.60. The van der Waals surface area contributed by atoms with E-state index in [1.165, 1.54) is 0 Å². The van der Waals surface area contributed by atoms with E-state index in [1.54, 1.807) is 18.1 Å². The van der Waals surface area contributed by atoms with Gasteiger partial charge in [-0.05, 0) is 18.6 Å². The summed E-state index contributed by atoms with van der Waals surface area (Å²) < 4.78 is 12.1. The van der Waals surface area contributed by atoms with Gasteiger partial charge in [-0.2, -0.15) is 5.26 Å². The maximum atomic E-state index is 12.7. The van der Waals surface area contributed by atoms with E-state index in [1.807, 2.05) is 41.1 Å². The Balaban J connectivity index is 1.81. The number of hydrogen-bond acceptors (Lipinski definition) is 5. The first-order valence-corrected chi connectivity index (χ1v) is 9.96. The Morgan fingerprint density at radius 2 is 2.07 bits per heavy atom. The highest BCUT2D eigenvalue weighted by Crippen LogP contribution is 2.24. The summed E-state index contributed by atoms with van der Waals surface area (Å²) in [7, 11) is 1.60. The number of carbonyl (C=O) groups is 2. The van der Waals surface area contributed by atoms with E-state index in [-0.39, 0.29) is 18.0 Å². The number of amides is 2. The first-order chi connectivity index (χ1) is 14.6. The van der Waals surface area contributed by atoms with E-state index in [0.29, 0.717) is 45.9 Å². The van der Waals surface area contributed by atoms with Gasteiger partial charge in [0, 0.05) is 56.0 Å². The summed E-state index contributed by atoms with van der Waals surface area (Å²) in [5, 5.41) is 13.1. The lowest BCUT2D eigenvalue weighted by atomic mass is 10.1. The van der Waals surface area contributed by atoms with Gasteiger partial charge in [0.05, 0.1) is 13.2 Å². The van der Waals surface area contributed by atoms with Gasteiger partial charge in [0.2, 0.25) is 5.91 Å². The third-order valence-electron chi connectivity index (χ3n) is 4.96. The molecule has 1 aliphatic rings.